The molecule has 1 aromatic rings. The highest BCUT2D eigenvalue weighted by Gasteiger charge is 2.28. The van der Waals surface area contributed by atoms with Crippen molar-refractivity contribution in [3.05, 3.63) is 33.3 Å². The molecule has 1 amide bonds. The summed E-state index contributed by atoms with van der Waals surface area (Å²) in [5.41, 5.74) is 1.62. The Balaban J connectivity index is 2.28. The minimum Gasteiger partial charge on any atom is -0.271 e. The Morgan fingerprint density at radius 3 is 2.67 bits per heavy atom. The zero-order valence-corrected chi connectivity index (χ0v) is 13.5. The van der Waals surface area contributed by atoms with E-state index >= 15 is 0 Å². The number of rotatable bonds is 2. The number of amides is 1. The fourth-order valence-corrected chi connectivity index (χ4v) is 2.53. The molecule has 1 unspecified atom stereocenters. The fraction of sp³-hybridized carbons (Fsp3) is 0.375. The Morgan fingerprint density at radius 1 is 1.38 bits per heavy atom. The third-order valence-corrected chi connectivity index (χ3v) is 4.10. The molecule has 1 heterocycles. The van der Waals surface area contributed by atoms with Crippen LogP contribution < -0.4 is 0 Å². The van der Waals surface area contributed by atoms with Gasteiger partial charge < -0.3 is 0 Å². The molecular formula is C16H16Cl2N2O. The molecule has 21 heavy (non-hydrogen) atoms. The average molecular weight is 323 g/mol. The van der Waals surface area contributed by atoms with Gasteiger partial charge in [0.2, 0.25) is 0 Å². The van der Waals surface area contributed by atoms with Crippen molar-refractivity contribution in [2.45, 2.75) is 39.0 Å². The van der Waals surface area contributed by atoms with Crippen LogP contribution in [-0.2, 0) is 4.79 Å². The van der Waals surface area contributed by atoms with Gasteiger partial charge >= 0.3 is 0 Å². The van der Waals surface area contributed by atoms with E-state index in [0.717, 1.165) is 24.0 Å². The topological polar surface area (TPSA) is 32.7 Å². The van der Waals surface area contributed by atoms with Crippen molar-refractivity contribution >= 4 is 35.3 Å². The van der Waals surface area contributed by atoms with E-state index in [1.807, 2.05) is 13.8 Å². The largest absolute Gasteiger partial charge is 0.271 e. The molecule has 2 rings (SSSR count). The van der Waals surface area contributed by atoms with Gasteiger partial charge in [0.05, 0.1) is 5.92 Å². The smallest absolute Gasteiger partial charge is 0.262 e. The predicted octanol–water partition coefficient (Wildman–Crippen LogP) is 4.36. The third-order valence-electron chi connectivity index (χ3n) is 3.31. The Kier molecular flexibility index (Phi) is 5.27. The second-order valence-corrected chi connectivity index (χ2v) is 5.70. The summed E-state index contributed by atoms with van der Waals surface area (Å²) in [7, 11) is 0. The van der Waals surface area contributed by atoms with E-state index in [-0.39, 0.29) is 11.8 Å². The molecule has 1 aliphatic heterocycles. The normalized spacial score (nSPS) is 17.6. The van der Waals surface area contributed by atoms with Gasteiger partial charge in [0, 0.05) is 35.1 Å². The number of halogens is 2. The SMILES string of the molecule is CCCC#CN1N=CCC(c2cc(Cl)c(C)c(Cl)c2)C1=O. The number of carbonyl (C=O) groups is 1. The minimum absolute atomic E-state index is 0.142. The van der Waals surface area contributed by atoms with Gasteiger partial charge in [-0.1, -0.05) is 36.0 Å². The van der Waals surface area contributed by atoms with Gasteiger partial charge in [-0.05, 0) is 36.6 Å². The average Bonchev–Trinajstić information content (AvgIpc) is 2.46. The number of unbranched alkanes of at least 4 members (excludes halogenated alkanes) is 1. The number of hydrazone groups is 1. The lowest BCUT2D eigenvalue weighted by Crippen LogP contribution is -2.31. The molecule has 1 aromatic carbocycles. The molecule has 0 radical (unpaired) electrons. The number of benzene rings is 1. The van der Waals surface area contributed by atoms with Gasteiger partial charge in [-0.2, -0.15) is 10.1 Å². The van der Waals surface area contributed by atoms with Crippen molar-refractivity contribution in [1.29, 1.82) is 0 Å². The monoisotopic (exact) mass is 322 g/mol. The van der Waals surface area contributed by atoms with E-state index in [4.69, 9.17) is 23.2 Å². The molecule has 0 saturated carbocycles. The summed E-state index contributed by atoms with van der Waals surface area (Å²) in [6.07, 6.45) is 3.92. The van der Waals surface area contributed by atoms with E-state index < -0.39 is 0 Å². The first-order chi connectivity index (χ1) is 10.0. The molecule has 5 heteroatoms. The van der Waals surface area contributed by atoms with Crippen LogP contribution in [0.1, 0.15) is 43.2 Å². The van der Waals surface area contributed by atoms with E-state index in [0.29, 0.717) is 16.5 Å². The molecule has 0 aromatic heterocycles. The summed E-state index contributed by atoms with van der Waals surface area (Å²) in [6, 6.07) is 6.37. The zero-order valence-electron chi connectivity index (χ0n) is 12.0. The maximum absolute atomic E-state index is 12.5. The summed E-state index contributed by atoms with van der Waals surface area (Å²) in [5, 5.41) is 6.39. The number of carbonyl (C=O) groups excluding carboxylic acids is 1. The predicted molar refractivity (Wildman–Crippen MR) is 86.6 cm³/mol. The standard InChI is InChI=1S/C16H16Cl2N2O/c1-3-4-5-8-20-16(21)13(6-7-19-20)12-9-14(17)11(2)15(18)10-12/h7,9-10,13H,3-4,6H2,1-2H3. The van der Waals surface area contributed by atoms with Crippen LogP contribution in [0.5, 0.6) is 0 Å². The first kappa shape index (κ1) is 15.9. The van der Waals surface area contributed by atoms with E-state index in [9.17, 15) is 4.79 Å². The van der Waals surface area contributed by atoms with Gasteiger partial charge in [-0.25, -0.2) is 0 Å². The zero-order chi connectivity index (χ0) is 15.4. The molecule has 1 aliphatic rings. The lowest BCUT2D eigenvalue weighted by molar-refractivity contribution is -0.130. The lowest BCUT2D eigenvalue weighted by Gasteiger charge is -2.22. The highest BCUT2D eigenvalue weighted by atomic mass is 35.5. The van der Waals surface area contributed by atoms with E-state index in [1.54, 1.807) is 18.3 Å². The van der Waals surface area contributed by atoms with Crippen LogP contribution in [0.4, 0.5) is 0 Å². The van der Waals surface area contributed by atoms with Crippen molar-refractivity contribution in [3.63, 3.8) is 0 Å². The van der Waals surface area contributed by atoms with Crippen LogP contribution in [0.15, 0.2) is 17.2 Å². The molecule has 110 valence electrons. The van der Waals surface area contributed by atoms with Crippen molar-refractivity contribution in [2.24, 2.45) is 5.10 Å². The molecular weight excluding hydrogens is 307 g/mol. The Labute approximate surface area is 134 Å². The molecule has 0 N–H and O–H groups in total. The van der Waals surface area contributed by atoms with Crippen molar-refractivity contribution in [2.75, 3.05) is 0 Å². The number of hydrogen-bond acceptors (Lipinski definition) is 2. The first-order valence-electron chi connectivity index (χ1n) is 6.85. The van der Waals surface area contributed by atoms with Crippen LogP contribution in [0.2, 0.25) is 10.0 Å². The summed E-state index contributed by atoms with van der Waals surface area (Å²) in [6.45, 7) is 3.89. The fourth-order valence-electron chi connectivity index (χ4n) is 2.02. The Morgan fingerprint density at radius 2 is 2.05 bits per heavy atom. The number of hydrogen-bond donors (Lipinski definition) is 0. The summed E-state index contributed by atoms with van der Waals surface area (Å²) in [4.78, 5) is 12.5. The highest BCUT2D eigenvalue weighted by molar-refractivity contribution is 6.36. The van der Waals surface area contributed by atoms with E-state index in [2.05, 4.69) is 17.1 Å². The summed E-state index contributed by atoms with van der Waals surface area (Å²) < 4.78 is 0. The summed E-state index contributed by atoms with van der Waals surface area (Å²) >= 11 is 12.3. The van der Waals surface area contributed by atoms with Crippen LogP contribution in [0, 0.1) is 18.9 Å². The van der Waals surface area contributed by atoms with Gasteiger partial charge in [0.25, 0.3) is 5.91 Å². The molecule has 1 atom stereocenters. The Bertz CT molecular complexity index is 620. The first-order valence-corrected chi connectivity index (χ1v) is 7.60. The Hall–Kier alpha value is -1.50. The lowest BCUT2D eigenvalue weighted by atomic mass is 9.93. The van der Waals surface area contributed by atoms with Gasteiger partial charge in [-0.15, -0.1) is 0 Å². The van der Waals surface area contributed by atoms with Crippen LogP contribution in [-0.4, -0.2) is 17.1 Å². The molecule has 0 bridgehead atoms. The minimum atomic E-state index is -0.339. The highest BCUT2D eigenvalue weighted by Crippen LogP contribution is 2.32. The van der Waals surface area contributed by atoms with Crippen molar-refractivity contribution in [1.82, 2.24) is 5.01 Å². The maximum atomic E-state index is 12.5. The van der Waals surface area contributed by atoms with Crippen molar-refractivity contribution in [3.8, 4) is 12.0 Å². The molecule has 0 aliphatic carbocycles. The second kappa shape index (κ2) is 6.98. The quantitative estimate of drug-likeness (QED) is 0.744. The van der Waals surface area contributed by atoms with Crippen LogP contribution in [0.3, 0.4) is 0 Å². The van der Waals surface area contributed by atoms with E-state index in [1.165, 1.54) is 5.01 Å². The van der Waals surface area contributed by atoms with Gasteiger partial charge in [0.1, 0.15) is 0 Å². The molecule has 0 spiro atoms. The van der Waals surface area contributed by atoms with Crippen LogP contribution in [0.25, 0.3) is 0 Å². The van der Waals surface area contributed by atoms with Crippen molar-refractivity contribution < 1.29 is 4.79 Å². The summed E-state index contributed by atoms with van der Waals surface area (Å²) in [5.74, 6) is 2.45. The number of nitrogens with zero attached hydrogens (tertiary/aromatic N) is 2. The van der Waals surface area contributed by atoms with Gasteiger partial charge in [0.15, 0.2) is 0 Å². The molecule has 3 nitrogen and oxygen atoms in total. The molecule has 0 fully saturated rings. The third kappa shape index (κ3) is 3.58. The van der Waals surface area contributed by atoms with Gasteiger partial charge in [-0.3, -0.25) is 4.79 Å². The molecule has 0 saturated heterocycles. The maximum Gasteiger partial charge on any atom is 0.262 e. The van der Waals surface area contributed by atoms with Crippen LogP contribution >= 0.6 is 23.2 Å². The second-order valence-electron chi connectivity index (χ2n) is 4.88.